The number of amides is 2. The largest absolute Gasteiger partial charge is 0.391 e. The molecular weight excluding hydrogens is 410 g/mol. The third-order valence-electron chi connectivity index (χ3n) is 4.91. The Balaban J connectivity index is 1.97. The van der Waals surface area contributed by atoms with E-state index in [0.29, 0.717) is 17.9 Å². The molecule has 0 saturated carbocycles. The minimum Gasteiger partial charge on any atom is -0.391 e. The van der Waals surface area contributed by atoms with E-state index in [9.17, 15) is 14.7 Å². The molecule has 0 aliphatic carbocycles. The van der Waals surface area contributed by atoms with E-state index in [-0.39, 0.29) is 28.9 Å². The molecule has 0 radical (unpaired) electrons. The van der Waals surface area contributed by atoms with Gasteiger partial charge in [-0.25, -0.2) is 0 Å². The number of benzene rings is 1. The first-order valence-electron chi connectivity index (χ1n) is 11.1. The normalized spacial score (nSPS) is 19.0. The summed E-state index contributed by atoms with van der Waals surface area (Å²) < 4.78 is 0. The number of nitrogens with zero attached hydrogens (tertiary/aromatic N) is 1. The first-order chi connectivity index (χ1) is 14.4. The Hall–Kier alpha value is -1.57. The highest BCUT2D eigenvalue weighted by molar-refractivity contribution is 7.99. The van der Waals surface area contributed by atoms with Gasteiger partial charge in [0.05, 0.1) is 17.7 Å². The van der Waals surface area contributed by atoms with Crippen LogP contribution in [0.1, 0.15) is 71.2 Å². The second-order valence-electron chi connectivity index (χ2n) is 10.4. The maximum Gasteiger partial charge on any atom is 0.252 e. The van der Waals surface area contributed by atoms with Crippen LogP contribution < -0.4 is 10.6 Å². The summed E-state index contributed by atoms with van der Waals surface area (Å²) in [6.45, 7) is 13.1. The van der Waals surface area contributed by atoms with Crippen molar-refractivity contribution in [3.05, 3.63) is 29.8 Å². The van der Waals surface area contributed by atoms with Crippen molar-refractivity contribution in [2.75, 3.05) is 18.8 Å². The van der Waals surface area contributed by atoms with Crippen molar-refractivity contribution in [3.8, 4) is 0 Å². The third-order valence-corrected chi connectivity index (χ3v) is 6.13. The quantitative estimate of drug-likeness (QED) is 0.556. The van der Waals surface area contributed by atoms with Crippen molar-refractivity contribution < 1.29 is 14.7 Å². The molecule has 1 saturated heterocycles. The number of carbonyl (C=O) groups excluding carboxylic acids is 2. The van der Waals surface area contributed by atoms with Gasteiger partial charge in [0.2, 0.25) is 5.91 Å². The predicted octanol–water partition coefficient (Wildman–Crippen LogP) is 3.44. The number of piperidine rings is 1. The Kier molecular flexibility index (Phi) is 8.98. The summed E-state index contributed by atoms with van der Waals surface area (Å²) in [4.78, 5) is 28.3. The standard InChI is InChI=1S/C24H39N3O3S/c1-23(2,3)25-21(29)18-11-7-8-13-20(18)31-16-17(28)15-27-14-10-9-12-19(27)22(30)26-24(4,5)6/h7-8,11,13,17,19,28H,9-10,12,14-16H2,1-6H3,(H,25,29)(H,26,30). The fourth-order valence-electron chi connectivity index (χ4n) is 3.66. The average molecular weight is 450 g/mol. The smallest absolute Gasteiger partial charge is 0.252 e. The van der Waals surface area contributed by atoms with Gasteiger partial charge in [-0.2, -0.15) is 0 Å². The topological polar surface area (TPSA) is 81.7 Å². The Labute approximate surface area is 191 Å². The lowest BCUT2D eigenvalue weighted by atomic mass is 9.99. The summed E-state index contributed by atoms with van der Waals surface area (Å²) in [5, 5.41) is 16.8. The fraction of sp³-hybridized carbons (Fsp3) is 0.667. The summed E-state index contributed by atoms with van der Waals surface area (Å²) >= 11 is 1.48. The molecule has 2 unspecified atom stereocenters. The average Bonchev–Trinajstić information content (AvgIpc) is 2.64. The van der Waals surface area contributed by atoms with E-state index in [4.69, 9.17) is 0 Å². The van der Waals surface area contributed by atoms with Crippen molar-refractivity contribution in [1.82, 2.24) is 15.5 Å². The molecule has 2 amide bonds. The summed E-state index contributed by atoms with van der Waals surface area (Å²) in [5.74, 6) is 0.389. The molecule has 31 heavy (non-hydrogen) atoms. The van der Waals surface area contributed by atoms with Gasteiger partial charge in [-0.1, -0.05) is 18.6 Å². The number of aliphatic hydroxyl groups is 1. The summed E-state index contributed by atoms with van der Waals surface area (Å²) in [7, 11) is 0. The predicted molar refractivity (Wildman–Crippen MR) is 127 cm³/mol. The van der Waals surface area contributed by atoms with E-state index in [1.807, 2.05) is 65.8 Å². The minimum atomic E-state index is -0.591. The number of aliphatic hydroxyl groups excluding tert-OH is 1. The number of carbonyl (C=O) groups is 2. The Bertz CT molecular complexity index is 755. The van der Waals surface area contributed by atoms with Crippen LogP contribution >= 0.6 is 11.8 Å². The highest BCUT2D eigenvalue weighted by Gasteiger charge is 2.31. The van der Waals surface area contributed by atoms with Crippen LogP contribution in [0, 0.1) is 0 Å². The fourth-order valence-corrected chi connectivity index (χ4v) is 4.63. The Morgan fingerprint density at radius 1 is 1.10 bits per heavy atom. The van der Waals surface area contributed by atoms with Gasteiger partial charge in [0, 0.05) is 28.3 Å². The number of likely N-dealkylation sites (tertiary alicyclic amines) is 1. The van der Waals surface area contributed by atoms with Crippen molar-refractivity contribution >= 4 is 23.6 Å². The summed E-state index contributed by atoms with van der Waals surface area (Å²) in [6.07, 6.45) is 2.29. The van der Waals surface area contributed by atoms with Crippen molar-refractivity contribution in [2.45, 2.75) is 88.9 Å². The molecule has 0 bridgehead atoms. The van der Waals surface area contributed by atoms with Crippen molar-refractivity contribution in [2.24, 2.45) is 0 Å². The molecule has 1 aliphatic heterocycles. The highest BCUT2D eigenvalue weighted by atomic mass is 32.2. The molecule has 0 aromatic heterocycles. The maximum absolute atomic E-state index is 12.7. The Morgan fingerprint density at radius 3 is 2.39 bits per heavy atom. The van der Waals surface area contributed by atoms with Gasteiger partial charge in [-0.05, 0) is 73.1 Å². The molecule has 1 fully saturated rings. The lowest BCUT2D eigenvalue weighted by Gasteiger charge is -2.37. The lowest BCUT2D eigenvalue weighted by molar-refractivity contribution is -0.129. The summed E-state index contributed by atoms with van der Waals surface area (Å²) in [5.41, 5.74) is 0.0344. The van der Waals surface area contributed by atoms with Crippen LogP contribution in [-0.4, -0.2) is 63.9 Å². The van der Waals surface area contributed by atoms with Gasteiger partial charge in [0.1, 0.15) is 0 Å². The molecule has 1 heterocycles. The molecule has 3 N–H and O–H groups in total. The number of hydrogen-bond donors (Lipinski definition) is 3. The molecule has 174 valence electrons. The number of rotatable bonds is 7. The van der Waals surface area contributed by atoms with Crippen LogP contribution in [0.4, 0.5) is 0 Å². The van der Waals surface area contributed by atoms with Gasteiger partial charge in [0.15, 0.2) is 0 Å². The van der Waals surface area contributed by atoms with Crippen LogP contribution in [0.25, 0.3) is 0 Å². The van der Waals surface area contributed by atoms with E-state index in [1.165, 1.54) is 11.8 Å². The first-order valence-corrected chi connectivity index (χ1v) is 12.1. The highest BCUT2D eigenvalue weighted by Crippen LogP contribution is 2.25. The SMILES string of the molecule is CC(C)(C)NC(=O)c1ccccc1SCC(O)CN1CCCCC1C(=O)NC(C)(C)C. The van der Waals surface area contributed by atoms with E-state index in [2.05, 4.69) is 15.5 Å². The van der Waals surface area contributed by atoms with Crippen LogP contribution in [0.15, 0.2) is 29.2 Å². The number of hydrogen-bond acceptors (Lipinski definition) is 5. The maximum atomic E-state index is 12.7. The van der Waals surface area contributed by atoms with Crippen LogP contribution in [0.5, 0.6) is 0 Å². The van der Waals surface area contributed by atoms with Gasteiger partial charge in [0.25, 0.3) is 5.91 Å². The molecule has 1 aromatic carbocycles. The van der Waals surface area contributed by atoms with E-state index < -0.39 is 6.10 Å². The second-order valence-corrected chi connectivity index (χ2v) is 11.5. The summed E-state index contributed by atoms with van der Waals surface area (Å²) in [6, 6.07) is 7.28. The van der Waals surface area contributed by atoms with Gasteiger partial charge in [-0.15, -0.1) is 11.8 Å². The Morgan fingerprint density at radius 2 is 1.74 bits per heavy atom. The molecule has 2 atom stereocenters. The van der Waals surface area contributed by atoms with Crippen LogP contribution in [-0.2, 0) is 4.79 Å². The first kappa shape index (κ1) is 25.7. The van der Waals surface area contributed by atoms with Crippen molar-refractivity contribution in [1.29, 1.82) is 0 Å². The van der Waals surface area contributed by atoms with Crippen LogP contribution in [0.2, 0.25) is 0 Å². The lowest BCUT2D eigenvalue weighted by Crippen LogP contribution is -2.55. The number of nitrogens with one attached hydrogen (secondary N) is 2. The molecule has 0 spiro atoms. The molecule has 7 heteroatoms. The number of thioether (sulfide) groups is 1. The molecule has 1 aliphatic rings. The van der Waals surface area contributed by atoms with E-state index >= 15 is 0 Å². The molecular formula is C24H39N3O3S. The van der Waals surface area contributed by atoms with E-state index in [1.54, 1.807) is 0 Å². The van der Waals surface area contributed by atoms with Gasteiger partial charge < -0.3 is 15.7 Å². The molecule has 2 rings (SSSR count). The second kappa shape index (κ2) is 10.8. The number of β-amino-alcohol motifs (C(OH)–C–C–N with tert-alkyl or cyclic N) is 1. The molecule has 1 aromatic rings. The van der Waals surface area contributed by atoms with Crippen LogP contribution in [0.3, 0.4) is 0 Å². The van der Waals surface area contributed by atoms with Gasteiger partial charge >= 0.3 is 0 Å². The van der Waals surface area contributed by atoms with E-state index in [0.717, 1.165) is 30.7 Å². The van der Waals surface area contributed by atoms with Gasteiger partial charge in [-0.3, -0.25) is 14.5 Å². The molecule has 6 nitrogen and oxygen atoms in total. The van der Waals surface area contributed by atoms with Crippen molar-refractivity contribution in [3.63, 3.8) is 0 Å². The minimum absolute atomic E-state index is 0.0382. The zero-order valence-electron chi connectivity index (χ0n) is 19.8. The monoisotopic (exact) mass is 449 g/mol. The third kappa shape index (κ3) is 8.83. The zero-order chi connectivity index (χ0) is 23.2. The zero-order valence-corrected chi connectivity index (χ0v) is 20.6.